The molecule has 0 saturated heterocycles. The molecule has 1 unspecified atom stereocenters. The van der Waals surface area contributed by atoms with Crippen LogP contribution in [0, 0.1) is 0 Å². The molecule has 0 aromatic heterocycles. The Hall–Kier alpha value is -2.13. The lowest BCUT2D eigenvalue weighted by Gasteiger charge is -2.34. The maximum atomic E-state index is 12.0. The molecule has 168 valence electrons. The number of amides is 1. The van der Waals surface area contributed by atoms with Crippen molar-refractivity contribution in [1.29, 1.82) is 0 Å². The van der Waals surface area contributed by atoms with E-state index in [1.54, 1.807) is 26.0 Å². The summed E-state index contributed by atoms with van der Waals surface area (Å²) in [5.41, 5.74) is 4.72. The first-order chi connectivity index (χ1) is 14.5. The van der Waals surface area contributed by atoms with E-state index in [9.17, 15) is 4.79 Å². The first-order valence-electron chi connectivity index (χ1n) is 10.5. The number of rotatable bonds is 6. The van der Waals surface area contributed by atoms with Gasteiger partial charge in [-0.3, -0.25) is 14.7 Å². The summed E-state index contributed by atoms with van der Waals surface area (Å²) in [6, 6.07) is 16.8. The Kier molecular flexibility index (Phi) is 9.77. The number of aliphatic imine (C=N–C) groups is 1. The van der Waals surface area contributed by atoms with Gasteiger partial charge in [0.1, 0.15) is 0 Å². The molecule has 0 bridgehead atoms. The summed E-state index contributed by atoms with van der Waals surface area (Å²) in [6.45, 7) is 5.83. The first kappa shape index (κ1) is 25.1. The van der Waals surface area contributed by atoms with Gasteiger partial charge in [-0.25, -0.2) is 0 Å². The zero-order valence-electron chi connectivity index (χ0n) is 18.9. The molecule has 3 rings (SSSR count). The second-order valence-electron chi connectivity index (χ2n) is 8.04. The van der Waals surface area contributed by atoms with Crippen molar-refractivity contribution in [3.8, 4) is 0 Å². The lowest BCUT2D eigenvalue weighted by atomic mass is 9.99. The zero-order valence-corrected chi connectivity index (χ0v) is 21.2. The molecule has 0 radical (unpaired) electrons. The van der Waals surface area contributed by atoms with Crippen LogP contribution in [0.15, 0.2) is 53.5 Å². The van der Waals surface area contributed by atoms with Crippen LogP contribution in [-0.2, 0) is 19.5 Å². The molecule has 0 aliphatic carbocycles. The number of nitrogens with zero attached hydrogens (tertiary/aromatic N) is 3. The Balaban J connectivity index is 0.00000341. The van der Waals surface area contributed by atoms with Gasteiger partial charge in [-0.15, -0.1) is 24.0 Å². The number of nitrogens with one attached hydrogen (secondary N) is 2. The largest absolute Gasteiger partial charge is 0.355 e. The fraction of sp³-hybridized carbons (Fsp3) is 0.417. The predicted octanol–water partition coefficient (Wildman–Crippen LogP) is 3.12. The Morgan fingerprint density at radius 1 is 1.10 bits per heavy atom. The third kappa shape index (κ3) is 6.93. The SMILES string of the molecule is CN=C(NCc1ccc(C(=O)N(C)C)cc1)NCC(C)N1CCc2ccccc2C1.I. The van der Waals surface area contributed by atoms with Crippen LogP contribution in [0.5, 0.6) is 0 Å². The predicted molar refractivity (Wildman–Crippen MR) is 138 cm³/mol. The van der Waals surface area contributed by atoms with Crippen LogP contribution < -0.4 is 10.6 Å². The van der Waals surface area contributed by atoms with Gasteiger partial charge in [0.05, 0.1) is 0 Å². The Morgan fingerprint density at radius 3 is 2.42 bits per heavy atom. The summed E-state index contributed by atoms with van der Waals surface area (Å²) >= 11 is 0. The highest BCUT2D eigenvalue weighted by molar-refractivity contribution is 14.0. The maximum absolute atomic E-state index is 12.0. The van der Waals surface area contributed by atoms with Crippen molar-refractivity contribution >= 4 is 35.8 Å². The molecule has 1 atom stereocenters. The summed E-state index contributed by atoms with van der Waals surface area (Å²) in [5.74, 6) is 0.800. The minimum atomic E-state index is 0. The first-order valence-corrected chi connectivity index (χ1v) is 10.5. The molecule has 2 aromatic rings. The van der Waals surface area contributed by atoms with E-state index in [2.05, 4.69) is 51.7 Å². The highest BCUT2D eigenvalue weighted by Crippen LogP contribution is 2.19. The van der Waals surface area contributed by atoms with Crippen LogP contribution in [0.3, 0.4) is 0 Å². The number of benzene rings is 2. The quantitative estimate of drug-likeness (QED) is 0.339. The van der Waals surface area contributed by atoms with Crippen molar-refractivity contribution in [1.82, 2.24) is 20.4 Å². The monoisotopic (exact) mass is 535 g/mol. The lowest BCUT2D eigenvalue weighted by Crippen LogP contribution is -2.47. The molecule has 1 aliphatic rings. The van der Waals surface area contributed by atoms with Gasteiger partial charge in [-0.2, -0.15) is 0 Å². The van der Waals surface area contributed by atoms with Crippen LogP contribution in [0.25, 0.3) is 0 Å². The van der Waals surface area contributed by atoms with Gasteiger partial charge in [-0.1, -0.05) is 36.4 Å². The molecule has 1 amide bonds. The van der Waals surface area contributed by atoms with Crippen molar-refractivity contribution in [2.75, 3.05) is 34.2 Å². The Bertz CT molecular complexity index is 882. The van der Waals surface area contributed by atoms with E-state index in [1.165, 1.54) is 11.1 Å². The number of hydrogen-bond donors (Lipinski definition) is 2. The van der Waals surface area contributed by atoms with Gasteiger partial charge >= 0.3 is 0 Å². The maximum Gasteiger partial charge on any atom is 0.253 e. The third-order valence-corrected chi connectivity index (χ3v) is 5.64. The van der Waals surface area contributed by atoms with E-state index in [-0.39, 0.29) is 29.9 Å². The normalized spacial score (nSPS) is 14.8. The summed E-state index contributed by atoms with van der Waals surface area (Å²) in [6.07, 6.45) is 1.11. The van der Waals surface area contributed by atoms with Gasteiger partial charge < -0.3 is 15.5 Å². The van der Waals surface area contributed by atoms with Gasteiger partial charge in [0, 0.05) is 58.9 Å². The van der Waals surface area contributed by atoms with Crippen molar-refractivity contribution in [2.24, 2.45) is 4.99 Å². The van der Waals surface area contributed by atoms with E-state index in [0.29, 0.717) is 18.2 Å². The summed E-state index contributed by atoms with van der Waals surface area (Å²) in [7, 11) is 5.31. The van der Waals surface area contributed by atoms with Crippen molar-refractivity contribution < 1.29 is 4.79 Å². The van der Waals surface area contributed by atoms with Crippen LogP contribution >= 0.6 is 24.0 Å². The molecule has 0 saturated carbocycles. The topological polar surface area (TPSA) is 60.0 Å². The van der Waals surface area contributed by atoms with Gasteiger partial charge in [0.2, 0.25) is 0 Å². The fourth-order valence-corrected chi connectivity index (χ4v) is 3.70. The molecular weight excluding hydrogens is 501 g/mol. The summed E-state index contributed by atoms with van der Waals surface area (Å²) < 4.78 is 0. The standard InChI is InChI=1S/C24H33N5O.HI/c1-18(29-14-13-20-7-5-6-8-22(20)17-29)15-26-24(25-2)27-16-19-9-11-21(12-10-19)23(30)28(3)4;/h5-12,18H,13-17H2,1-4H3,(H2,25,26,27);1H. The van der Waals surface area contributed by atoms with Gasteiger partial charge in [0.15, 0.2) is 5.96 Å². The van der Waals surface area contributed by atoms with Crippen molar-refractivity contribution in [3.63, 3.8) is 0 Å². The number of carbonyl (C=O) groups excluding carboxylic acids is 1. The molecule has 2 aromatic carbocycles. The number of halogens is 1. The molecule has 6 nitrogen and oxygen atoms in total. The second kappa shape index (κ2) is 12.0. The molecule has 0 spiro atoms. The number of hydrogen-bond acceptors (Lipinski definition) is 3. The van der Waals surface area contributed by atoms with Crippen LogP contribution in [0.1, 0.15) is 34.0 Å². The summed E-state index contributed by atoms with van der Waals surface area (Å²) in [5, 5.41) is 6.80. The number of fused-ring (bicyclic) bond motifs is 1. The average molecular weight is 535 g/mol. The van der Waals surface area contributed by atoms with Gasteiger partial charge in [-0.05, 0) is 42.2 Å². The number of carbonyl (C=O) groups is 1. The van der Waals surface area contributed by atoms with Crippen LogP contribution in [0.4, 0.5) is 0 Å². The fourth-order valence-electron chi connectivity index (χ4n) is 3.70. The summed E-state index contributed by atoms with van der Waals surface area (Å²) in [4.78, 5) is 20.4. The molecule has 1 aliphatic heterocycles. The van der Waals surface area contributed by atoms with E-state index in [0.717, 1.165) is 37.6 Å². The van der Waals surface area contributed by atoms with E-state index in [4.69, 9.17) is 0 Å². The van der Waals surface area contributed by atoms with Crippen LogP contribution in [0.2, 0.25) is 0 Å². The highest BCUT2D eigenvalue weighted by atomic mass is 127. The van der Waals surface area contributed by atoms with Gasteiger partial charge in [0.25, 0.3) is 5.91 Å². The van der Waals surface area contributed by atoms with Crippen LogP contribution in [-0.4, -0.2) is 61.9 Å². The van der Waals surface area contributed by atoms with E-state index >= 15 is 0 Å². The number of guanidine groups is 1. The molecular formula is C24H34IN5O. The van der Waals surface area contributed by atoms with Crippen molar-refractivity contribution in [3.05, 3.63) is 70.8 Å². The minimum Gasteiger partial charge on any atom is -0.355 e. The third-order valence-electron chi connectivity index (χ3n) is 5.64. The Morgan fingerprint density at radius 2 is 1.77 bits per heavy atom. The van der Waals surface area contributed by atoms with E-state index in [1.807, 2.05) is 24.3 Å². The second-order valence-corrected chi connectivity index (χ2v) is 8.04. The molecule has 1 heterocycles. The Labute approximate surface area is 203 Å². The minimum absolute atomic E-state index is 0. The zero-order chi connectivity index (χ0) is 21.5. The molecule has 0 fully saturated rings. The molecule has 7 heteroatoms. The molecule has 2 N–H and O–H groups in total. The highest BCUT2D eigenvalue weighted by Gasteiger charge is 2.20. The van der Waals surface area contributed by atoms with Crippen molar-refractivity contribution in [2.45, 2.75) is 32.5 Å². The average Bonchev–Trinajstić information content (AvgIpc) is 2.78. The smallest absolute Gasteiger partial charge is 0.253 e. The van der Waals surface area contributed by atoms with E-state index < -0.39 is 0 Å². The lowest BCUT2D eigenvalue weighted by molar-refractivity contribution is 0.0827. The molecule has 31 heavy (non-hydrogen) atoms.